The zero-order valence-electron chi connectivity index (χ0n) is 12.0. The van der Waals surface area contributed by atoms with Gasteiger partial charge in [0.05, 0.1) is 12.1 Å². The van der Waals surface area contributed by atoms with E-state index in [1.54, 1.807) is 18.4 Å². The Morgan fingerprint density at radius 3 is 2.95 bits per heavy atom. The first-order chi connectivity index (χ1) is 10.1. The lowest BCUT2D eigenvalue weighted by Crippen LogP contribution is -2.23. The summed E-state index contributed by atoms with van der Waals surface area (Å²) in [6.45, 7) is 6.07. The number of hydrogen-bond acceptors (Lipinski definition) is 7. The van der Waals surface area contributed by atoms with Crippen LogP contribution in [0.2, 0.25) is 0 Å². The lowest BCUT2D eigenvalue weighted by atomic mass is 10.5. The molecule has 0 saturated carbocycles. The number of nitrogens with zero attached hydrogens (tertiary/aromatic N) is 2. The number of thiophene rings is 1. The molecule has 6 nitrogen and oxygen atoms in total. The number of hydrogen-bond donors (Lipinski definition) is 0. The largest absolute Gasteiger partial charge is 0.509 e. The summed E-state index contributed by atoms with van der Waals surface area (Å²) in [7, 11) is 0. The molecule has 8 heteroatoms. The Bertz CT molecular complexity index is 695. The molecule has 0 aliphatic carbocycles. The van der Waals surface area contributed by atoms with Crippen molar-refractivity contribution in [1.82, 2.24) is 9.55 Å². The summed E-state index contributed by atoms with van der Waals surface area (Å²) in [6, 6.07) is 1.81. The summed E-state index contributed by atoms with van der Waals surface area (Å²) in [5, 5.41) is 2.37. The monoisotopic (exact) mass is 328 g/mol. The van der Waals surface area contributed by atoms with Crippen molar-refractivity contribution in [3.05, 3.63) is 21.8 Å². The molecule has 0 fully saturated rings. The number of aromatic nitrogens is 2. The fourth-order valence-corrected chi connectivity index (χ4v) is 3.44. The fraction of sp³-hybridized carbons (Fsp3) is 0.462. The van der Waals surface area contributed by atoms with E-state index < -0.39 is 11.6 Å². The number of thioether (sulfide) groups is 1. The van der Waals surface area contributed by atoms with Gasteiger partial charge in [-0.15, -0.1) is 11.3 Å². The molecule has 0 saturated heterocycles. The molecule has 2 rings (SSSR count). The lowest BCUT2D eigenvalue weighted by molar-refractivity contribution is 0.0550. The van der Waals surface area contributed by atoms with Crippen molar-refractivity contribution in [2.45, 2.75) is 37.9 Å². The van der Waals surface area contributed by atoms with E-state index in [1.807, 2.05) is 18.4 Å². The molecule has 0 bridgehead atoms. The van der Waals surface area contributed by atoms with E-state index in [0.29, 0.717) is 21.9 Å². The second kappa shape index (κ2) is 6.95. The van der Waals surface area contributed by atoms with Gasteiger partial charge >= 0.3 is 6.16 Å². The molecular weight excluding hydrogens is 312 g/mol. The van der Waals surface area contributed by atoms with Gasteiger partial charge in [-0.2, -0.15) is 0 Å². The first-order valence-corrected chi connectivity index (χ1v) is 8.30. The summed E-state index contributed by atoms with van der Waals surface area (Å²) in [5.41, 5.74) is 0.105. The molecule has 114 valence electrons. The normalized spacial score (nSPS) is 12.3. The van der Waals surface area contributed by atoms with Crippen molar-refractivity contribution in [2.24, 2.45) is 0 Å². The van der Waals surface area contributed by atoms with Gasteiger partial charge in [0.1, 0.15) is 4.70 Å². The molecule has 0 aliphatic heterocycles. The maximum absolute atomic E-state index is 12.3. The van der Waals surface area contributed by atoms with Crippen molar-refractivity contribution in [2.75, 3.05) is 6.61 Å². The molecular formula is C13H16N2O4S2. The van der Waals surface area contributed by atoms with Crippen LogP contribution in [0.15, 0.2) is 21.4 Å². The smallest absolute Gasteiger partial charge is 0.435 e. The van der Waals surface area contributed by atoms with Gasteiger partial charge in [-0.3, -0.25) is 9.36 Å². The van der Waals surface area contributed by atoms with Crippen LogP contribution < -0.4 is 5.56 Å². The topological polar surface area (TPSA) is 70.4 Å². The van der Waals surface area contributed by atoms with E-state index in [4.69, 9.17) is 9.47 Å². The van der Waals surface area contributed by atoms with Crippen LogP contribution in [0, 0.1) is 0 Å². The molecule has 0 radical (unpaired) electrons. The first-order valence-electron chi connectivity index (χ1n) is 6.54. The van der Waals surface area contributed by atoms with E-state index in [9.17, 15) is 9.59 Å². The maximum atomic E-state index is 12.3. The average Bonchev–Trinajstić information content (AvgIpc) is 2.87. The van der Waals surface area contributed by atoms with E-state index in [-0.39, 0.29) is 12.2 Å². The quantitative estimate of drug-likeness (QED) is 0.363. The van der Waals surface area contributed by atoms with Gasteiger partial charge < -0.3 is 9.47 Å². The number of fused-ring (bicyclic) bond motifs is 1. The minimum absolute atomic E-state index is 0.0664. The first kappa shape index (κ1) is 15.8. The fourth-order valence-electron chi connectivity index (χ4n) is 1.75. The molecule has 0 aromatic carbocycles. The highest BCUT2D eigenvalue weighted by Gasteiger charge is 2.17. The maximum Gasteiger partial charge on any atom is 0.509 e. The van der Waals surface area contributed by atoms with E-state index in [1.165, 1.54) is 23.1 Å². The number of rotatable bonds is 5. The van der Waals surface area contributed by atoms with Crippen molar-refractivity contribution in [3.8, 4) is 0 Å². The Balaban J connectivity index is 2.25. The van der Waals surface area contributed by atoms with Gasteiger partial charge in [-0.1, -0.05) is 0 Å². The summed E-state index contributed by atoms with van der Waals surface area (Å²) in [5.74, 6) is 0. The zero-order chi connectivity index (χ0) is 15.4. The van der Waals surface area contributed by atoms with Crippen molar-refractivity contribution in [1.29, 1.82) is 0 Å². The van der Waals surface area contributed by atoms with Gasteiger partial charge in [0, 0.05) is 6.54 Å². The van der Waals surface area contributed by atoms with Crippen LogP contribution in [-0.4, -0.2) is 27.7 Å². The van der Waals surface area contributed by atoms with Crippen LogP contribution in [0.5, 0.6) is 0 Å². The van der Waals surface area contributed by atoms with Crippen LogP contribution in [0.1, 0.15) is 20.8 Å². The Hall–Kier alpha value is -1.54. The number of carbonyl (C=O) groups excluding carboxylic acids is 1. The third-order valence-electron chi connectivity index (χ3n) is 2.64. The van der Waals surface area contributed by atoms with E-state index in [2.05, 4.69) is 4.98 Å². The zero-order valence-corrected chi connectivity index (χ0v) is 13.6. The third-order valence-corrected chi connectivity index (χ3v) is 4.49. The molecule has 2 heterocycles. The second-order valence-electron chi connectivity index (χ2n) is 4.07. The molecule has 1 atom stereocenters. The number of ether oxygens (including phenoxy) is 2. The Morgan fingerprint density at radius 2 is 2.29 bits per heavy atom. The predicted octanol–water partition coefficient (Wildman–Crippen LogP) is 3.09. The SMILES string of the molecule is CCOC(=O)O[C@@H](C)Sc1nc2ccsc2c(=O)n1CC. The molecule has 0 amide bonds. The van der Waals surface area contributed by atoms with Crippen molar-refractivity contribution < 1.29 is 14.3 Å². The molecule has 0 aliphatic rings. The molecule has 21 heavy (non-hydrogen) atoms. The van der Waals surface area contributed by atoms with Gasteiger partial charge in [-0.25, -0.2) is 9.78 Å². The highest BCUT2D eigenvalue weighted by molar-refractivity contribution is 7.99. The second-order valence-corrected chi connectivity index (χ2v) is 6.25. The molecule has 0 N–H and O–H groups in total. The molecule has 2 aromatic heterocycles. The van der Waals surface area contributed by atoms with E-state index >= 15 is 0 Å². The van der Waals surface area contributed by atoms with Crippen LogP contribution in [0.4, 0.5) is 4.79 Å². The van der Waals surface area contributed by atoms with Gasteiger partial charge in [0.15, 0.2) is 10.6 Å². The van der Waals surface area contributed by atoms with Gasteiger partial charge in [0.2, 0.25) is 0 Å². The highest BCUT2D eigenvalue weighted by atomic mass is 32.2. The highest BCUT2D eigenvalue weighted by Crippen LogP contribution is 2.24. The van der Waals surface area contributed by atoms with Crippen LogP contribution in [0.3, 0.4) is 0 Å². The van der Waals surface area contributed by atoms with E-state index in [0.717, 1.165) is 0 Å². The average molecular weight is 328 g/mol. The van der Waals surface area contributed by atoms with Gasteiger partial charge in [0.25, 0.3) is 5.56 Å². The van der Waals surface area contributed by atoms with Crippen molar-refractivity contribution >= 4 is 39.5 Å². The summed E-state index contributed by atoms with van der Waals surface area (Å²) < 4.78 is 12.0. The Labute approximate surface area is 130 Å². The summed E-state index contributed by atoms with van der Waals surface area (Å²) in [4.78, 5) is 28.1. The third kappa shape index (κ3) is 3.56. The van der Waals surface area contributed by atoms with Crippen molar-refractivity contribution in [3.63, 3.8) is 0 Å². The molecule has 0 unspecified atom stereocenters. The van der Waals surface area contributed by atoms with Crippen LogP contribution in [0.25, 0.3) is 10.2 Å². The molecule has 2 aromatic rings. The van der Waals surface area contributed by atoms with Crippen LogP contribution >= 0.6 is 23.1 Å². The standard InChI is InChI=1S/C13H16N2O4S2/c1-4-15-11(16)10-9(6-7-20-10)14-12(15)21-8(3)19-13(17)18-5-2/h6-8H,4-5H2,1-3H3/t8-/m1/s1. The van der Waals surface area contributed by atoms with Crippen LogP contribution in [-0.2, 0) is 16.0 Å². The lowest BCUT2D eigenvalue weighted by Gasteiger charge is -2.14. The van der Waals surface area contributed by atoms with Gasteiger partial charge in [-0.05, 0) is 44.0 Å². The Morgan fingerprint density at radius 1 is 1.52 bits per heavy atom. The summed E-state index contributed by atoms with van der Waals surface area (Å²) >= 11 is 2.59. The minimum Gasteiger partial charge on any atom is -0.435 e. The summed E-state index contributed by atoms with van der Waals surface area (Å²) in [6.07, 6.45) is -0.723. The number of carbonyl (C=O) groups is 1. The minimum atomic E-state index is -0.723. The molecule has 0 spiro atoms. The Kier molecular flexibility index (Phi) is 5.24. The predicted molar refractivity (Wildman–Crippen MR) is 83.0 cm³/mol.